The van der Waals surface area contributed by atoms with Gasteiger partial charge in [-0.3, -0.25) is 4.79 Å². The Hall–Kier alpha value is -2.61. The van der Waals surface area contributed by atoms with Gasteiger partial charge in [0, 0.05) is 37.7 Å². The van der Waals surface area contributed by atoms with Crippen LogP contribution in [0.2, 0.25) is 0 Å². The number of carbonyl (C=O) groups is 1. The molecule has 1 fully saturated rings. The molecule has 150 valence electrons. The quantitative estimate of drug-likeness (QED) is 0.863. The van der Waals surface area contributed by atoms with E-state index < -0.39 is 0 Å². The van der Waals surface area contributed by atoms with Gasteiger partial charge in [-0.05, 0) is 37.5 Å². The second-order valence-corrected chi connectivity index (χ2v) is 7.39. The third kappa shape index (κ3) is 3.32. The zero-order valence-electron chi connectivity index (χ0n) is 16.7. The predicted octanol–water partition coefficient (Wildman–Crippen LogP) is 1.73. The number of fused-ring (bicyclic) bond motifs is 1. The zero-order valence-corrected chi connectivity index (χ0v) is 16.7. The average molecular weight is 385 g/mol. The largest absolute Gasteiger partial charge is 0.493 e. The number of nitrogens with one attached hydrogen (secondary N) is 1. The summed E-state index contributed by atoms with van der Waals surface area (Å²) in [6.45, 7) is 6.02. The Morgan fingerprint density at radius 2 is 1.82 bits per heavy atom. The third-order valence-electron chi connectivity index (χ3n) is 5.76. The molecule has 1 amide bonds. The van der Waals surface area contributed by atoms with Crippen LogP contribution in [-0.2, 0) is 13.1 Å². The Bertz CT molecular complexity index is 871. The highest BCUT2D eigenvalue weighted by Gasteiger charge is 2.30. The second-order valence-electron chi connectivity index (χ2n) is 7.39. The molecule has 4 rings (SSSR count). The summed E-state index contributed by atoms with van der Waals surface area (Å²) in [6, 6.07) is 3.64. The summed E-state index contributed by atoms with van der Waals surface area (Å²) in [5.74, 6) is 3.71. The fourth-order valence-corrected chi connectivity index (χ4v) is 4.14. The summed E-state index contributed by atoms with van der Waals surface area (Å²) in [5.41, 5.74) is 1.56. The van der Waals surface area contributed by atoms with E-state index in [9.17, 15) is 4.79 Å². The van der Waals surface area contributed by atoms with Crippen molar-refractivity contribution in [2.75, 3.05) is 33.9 Å². The Morgan fingerprint density at radius 1 is 1.11 bits per heavy atom. The van der Waals surface area contributed by atoms with Crippen LogP contribution >= 0.6 is 0 Å². The first kappa shape index (κ1) is 18.7. The van der Waals surface area contributed by atoms with Gasteiger partial charge in [0.05, 0.1) is 20.8 Å². The summed E-state index contributed by atoms with van der Waals surface area (Å²) < 4.78 is 12.9. The lowest BCUT2D eigenvalue weighted by atomic mass is 9.94. The van der Waals surface area contributed by atoms with Crippen LogP contribution < -0.4 is 14.8 Å². The molecule has 0 saturated carbocycles. The standard InChI is InChI=1S/C20H27N5O3/c1-13-10-16(27-2)17(28-3)11-15(13)20(26)24-7-4-14(5-8-24)19-23-22-18-12-21-6-9-25(18)19/h10-11,14,21H,4-9,12H2,1-3H3. The molecular weight excluding hydrogens is 358 g/mol. The summed E-state index contributed by atoms with van der Waals surface area (Å²) in [4.78, 5) is 15.0. The van der Waals surface area contributed by atoms with Crippen molar-refractivity contribution in [3.8, 4) is 11.5 Å². The van der Waals surface area contributed by atoms with Gasteiger partial charge >= 0.3 is 0 Å². The first-order valence-corrected chi connectivity index (χ1v) is 9.77. The fraction of sp³-hybridized carbons (Fsp3) is 0.550. The molecule has 1 N–H and O–H groups in total. The van der Waals surface area contributed by atoms with Crippen molar-refractivity contribution >= 4 is 5.91 Å². The predicted molar refractivity (Wildman–Crippen MR) is 104 cm³/mol. The van der Waals surface area contributed by atoms with Gasteiger partial charge in [-0.15, -0.1) is 10.2 Å². The van der Waals surface area contributed by atoms with E-state index in [1.165, 1.54) is 0 Å². The van der Waals surface area contributed by atoms with Gasteiger partial charge < -0.3 is 24.3 Å². The lowest BCUT2D eigenvalue weighted by Crippen LogP contribution is -2.39. The molecule has 1 saturated heterocycles. The van der Waals surface area contributed by atoms with Crippen molar-refractivity contribution < 1.29 is 14.3 Å². The molecule has 2 aliphatic rings. The Morgan fingerprint density at radius 3 is 2.54 bits per heavy atom. The van der Waals surface area contributed by atoms with E-state index in [2.05, 4.69) is 20.1 Å². The van der Waals surface area contributed by atoms with E-state index in [0.717, 1.165) is 62.8 Å². The van der Waals surface area contributed by atoms with Gasteiger partial charge in [-0.1, -0.05) is 0 Å². The molecule has 0 unspecified atom stereocenters. The molecule has 1 aromatic carbocycles. The molecule has 8 nitrogen and oxygen atoms in total. The van der Waals surface area contributed by atoms with Crippen LogP contribution in [0, 0.1) is 6.92 Å². The minimum Gasteiger partial charge on any atom is -0.493 e. The molecule has 8 heteroatoms. The number of aromatic nitrogens is 3. The van der Waals surface area contributed by atoms with Crippen molar-refractivity contribution in [2.45, 2.75) is 38.8 Å². The maximum Gasteiger partial charge on any atom is 0.254 e. The van der Waals surface area contributed by atoms with E-state index in [4.69, 9.17) is 9.47 Å². The van der Waals surface area contributed by atoms with Gasteiger partial charge in [0.15, 0.2) is 11.5 Å². The first-order chi connectivity index (χ1) is 13.6. The molecule has 3 heterocycles. The minimum absolute atomic E-state index is 0.0457. The van der Waals surface area contributed by atoms with Crippen molar-refractivity contribution in [1.82, 2.24) is 25.0 Å². The Kier molecular flexibility index (Phi) is 5.21. The normalized spacial score (nSPS) is 17.3. The molecule has 2 aromatic rings. The van der Waals surface area contributed by atoms with Crippen LogP contribution in [-0.4, -0.2) is 59.4 Å². The number of carbonyl (C=O) groups excluding carboxylic acids is 1. The molecule has 0 spiro atoms. The van der Waals surface area contributed by atoms with E-state index >= 15 is 0 Å². The number of benzene rings is 1. The molecule has 0 atom stereocenters. The highest BCUT2D eigenvalue weighted by molar-refractivity contribution is 5.96. The van der Waals surface area contributed by atoms with Gasteiger partial charge in [0.2, 0.25) is 0 Å². The van der Waals surface area contributed by atoms with Crippen molar-refractivity contribution in [3.05, 3.63) is 34.9 Å². The highest BCUT2D eigenvalue weighted by Crippen LogP contribution is 2.33. The van der Waals surface area contributed by atoms with Crippen LogP contribution in [0.5, 0.6) is 11.5 Å². The molecule has 0 aliphatic carbocycles. The molecule has 2 aliphatic heterocycles. The van der Waals surface area contributed by atoms with Crippen molar-refractivity contribution in [2.24, 2.45) is 0 Å². The number of hydrogen-bond acceptors (Lipinski definition) is 6. The number of likely N-dealkylation sites (tertiary alicyclic amines) is 1. The fourth-order valence-electron chi connectivity index (χ4n) is 4.14. The maximum absolute atomic E-state index is 13.1. The third-order valence-corrected chi connectivity index (χ3v) is 5.76. The summed E-state index contributed by atoms with van der Waals surface area (Å²) in [7, 11) is 3.19. The number of nitrogens with zero attached hydrogens (tertiary/aromatic N) is 4. The molecule has 1 aromatic heterocycles. The van der Waals surface area contributed by atoms with Crippen LogP contribution in [0.4, 0.5) is 0 Å². The first-order valence-electron chi connectivity index (χ1n) is 9.77. The molecule has 0 radical (unpaired) electrons. The van der Waals surface area contributed by atoms with Gasteiger partial charge in [0.1, 0.15) is 11.6 Å². The van der Waals surface area contributed by atoms with E-state index in [0.29, 0.717) is 23.0 Å². The number of amides is 1. The van der Waals surface area contributed by atoms with Crippen LogP contribution in [0.1, 0.15) is 46.3 Å². The molecular formula is C20H27N5O3. The molecule has 0 bridgehead atoms. The van der Waals surface area contributed by atoms with E-state index in [1.807, 2.05) is 17.9 Å². The number of piperidine rings is 1. The topological polar surface area (TPSA) is 81.5 Å². The van der Waals surface area contributed by atoms with Gasteiger partial charge in [-0.25, -0.2) is 0 Å². The number of rotatable bonds is 4. The summed E-state index contributed by atoms with van der Waals surface area (Å²) in [5, 5.41) is 12.1. The SMILES string of the molecule is COc1cc(C)c(C(=O)N2CCC(c3nnc4n3CCNC4)CC2)cc1OC. The summed E-state index contributed by atoms with van der Waals surface area (Å²) in [6.07, 6.45) is 1.81. The lowest BCUT2D eigenvalue weighted by molar-refractivity contribution is 0.0709. The lowest BCUT2D eigenvalue weighted by Gasteiger charge is -2.32. The van der Waals surface area contributed by atoms with Crippen LogP contribution in [0.15, 0.2) is 12.1 Å². The van der Waals surface area contributed by atoms with Gasteiger partial charge in [0.25, 0.3) is 5.91 Å². The number of ether oxygens (including phenoxy) is 2. The number of methoxy groups -OCH3 is 2. The van der Waals surface area contributed by atoms with E-state index in [-0.39, 0.29) is 5.91 Å². The van der Waals surface area contributed by atoms with Crippen molar-refractivity contribution in [3.63, 3.8) is 0 Å². The zero-order chi connectivity index (χ0) is 19.7. The monoisotopic (exact) mass is 385 g/mol. The molecule has 28 heavy (non-hydrogen) atoms. The van der Waals surface area contributed by atoms with Crippen molar-refractivity contribution in [1.29, 1.82) is 0 Å². The number of aryl methyl sites for hydroxylation is 1. The van der Waals surface area contributed by atoms with Crippen LogP contribution in [0.3, 0.4) is 0 Å². The second kappa shape index (κ2) is 7.79. The van der Waals surface area contributed by atoms with E-state index in [1.54, 1.807) is 20.3 Å². The Labute approximate surface area is 164 Å². The number of hydrogen-bond donors (Lipinski definition) is 1. The summed E-state index contributed by atoms with van der Waals surface area (Å²) >= 11 is 0. The maximum atomic E-state index is 13.1. The smallest absolute Gasteiger partial charge is 0.254 e. The average Bonchev–Trinajstić information content (AvgIpc) is 3.17. The highest BCUT2D eigenvalue weighted by atomic mass is 16.5. The Balaban J connectivity index is 1.47. The van der Waals surface area contributed by atoms with Crippen LogP contribution in [0.25, 0.3) is 0 Å². The minimum atomic E-state index is 0.0457. The van der Waals surface area contributed by atoms with Gasteiger partial charge in [-0.2, -0.15) is 0 Å².